The van der Waals surface area contributed by atoms with Gasteiger partial charge in [0.1, 0.15) is 5.75 Å². The topological polar surface area (TPSA) is 67.8 Å². The van der Waals surface area contributed by atoms with E-state index in [1.807, 2.05) is 33.9 Å². The van der Waals surface area contributed by atoms with Crippen molar-refractivity contribution in [1.29, 1.82) is 0 Å². The predicted octanol–water partition coefficient (Wildman–Crippen LogP) is 1.80. The standard InChI is InChI=1S/C16H28N4O2/c1-11-8-18-13(12(2)14(11)21-6)9-19-15(17-5)20-10-16(3,4)22-7/h8H,9-10H2,1-7H3,(H2,17,19,20). The first-order chi connectivity index (χ1) is 10.3. The molecule has 1 aromatic heterocycles. The van der Waals surface area contributed by atoms with Crippen LogP contribution >= 0.6 is 0 Å². The van der Waals surface area contributed by atoms with E-state index >= 15 is 0 Å². The first-order valence-electron chi connectivity index (χ1n) is 7.33. The molecular formula is C16H28N4O2. The van der Waals surface area contributed by atoms with E-state index in [1.54, 1.807) is 21.3 Å². The van der Waals surface area contributed by atoms with Gasteiger partial charge in [-0.25, -0.2) is 0 Å². The number of nitrogens with zero attached hydrogens (tertiary/aromatic N) is 2. The van der Waals surface area contributed by atoms with Gasteiger partial charge in [-0.3, -0.25) is 9.98 Å². The molecule has 6 heteroatoms. The van der Waals surface area contributed by atoms with Gasteiger partial charge >= 0.3 is 0 Å². The lowest BCUT2D eigenvalue weighted by atomic mass is 10.1. The number of rotatable bonds is 6. The van der Waals surface area contributed by atoms with Gasteiger partial charge in [-0.2, -0.15) is 0 Å². The molecular weight excluding hydrogens is 280 g/mol. The van der Waals surface area contributed by atoms with Gasteiger partial charge in [0.2, 0.25) is 0 Å². The number of pyridine rings is 1. The summed E-state index contributed by atoms with van der Waals surface area (Å²) in [5.74, 6) is 1.60. The molecule has 0 fully saturated rings. The average Bonchev–Trinajstić information content (AvgIpc) is 2.49. The molecule has 0 aliphatic carbocycles. The molecule has 0 aromatic carbocycles. The number of guanidine groups is 1. The molecule has 2 N–H and O–H groups in total. The number of aryl methyl sites for hydroxylation is 1. The molecule has 1 aromatic rings. The number of hydrogen-bond acceptors (Lipinski definition) is 4. The van der Waals surface area contributed by atoms with Gasteiger partial charge in [0.15, 0.2) is 5.96 Å². The van der Waals surface area contributed by atoms with Crippen LogP contribution in [-0.4, -0.2) is 44.4 Å². The van der Waals surface area contributed by atoms with Crippen molar-refractivity contribution in [2.75, 3.05) is 27.8 Å². The Balaban J connectivity index is 2.68. The van der Waals surface area contributed by atoms with Crippen LogP contribution in [0.15, 0.2) is 11.2 Å². The third-order valence-electron chi connectivity index (χ3n) is 3.63. The van der Waals surface area contributed by atoms with Crippen molar-refractivity contribution in [3.63, 3.8) is 0 Å². The summed E-state index contributed by atoms with van der Waals surface area (Å²) in [5.41, 5.74) is 2.77. The molecule has 0 atom stereocenters. The highest BCUT2D eigenvalue weighted by molar-refractivity contribution is 5.79. The molecule has 0 radical (unpaired) electrons. The van der Waals surface area contributed by atoms with Crippen molar-refractivity contribution >= 4 is 5.96 Å². The molecule has 0 amide bonds. The first-order valence-corrected chi connectivity index (χ1v) is 7.33. The monoisotopic (exact) mass is 308 g/mol. The summed E-state index contributed by atoms with van der Waals surface area (Å²) in [6, 6.07) is 0. The van der Waals surface area contributed by atoms with Crippen LogP contribution in [0.5, 0.6) is 5.75 Å². The number of nitrogens with one attached hydrogen (secondary N) is 2. The van der Waals surface area contributed by atoms with Gasteiger partial charge in [-0.1, -0.05) is 0 Å². The van der Waals surface area contributed by atoms with Crippen molar-refractivity contribution in [3.05, 3.63) is 23.0 Å². The number of aromatic nitrogens is 1. The molecule has 124 valence electrons. The summed E-state index contributed by atoms with van der Waals surface area (Å²) >= 11 is 0. The summed E-state index contributed by atoms with van der Waals surface area (Å²) in [6.07, 6.45) is 1.83. The van der Waals surface area contributed by atoms with E-state index in [-0.39, 0.29) is 5.60 Å². The Morgan fingerprint density at radius 1 is 1.27 bits per heavy atom. The zero-order valence-electron chi connectivity index (χ0n) is 14.7. The van der Waals surface area contributed by atoms with Crippen LogP contribution in [0.4, 0.5) is 0 Å². The smallest absolute Gasteiger partial charge is 0.191 e. The van der Waals surface area contributed by atoms with Gasteiger partial charge in [0, 0.05) is 38.0 Å². The van der Waals surface area contributed by atoms with Gasteiger partial charge in [0.05, 0.1) is 24.9 Å². The van der Waals surface area contributed by atoms with Crippen LogP contribution in [0, 0.1) is 13.8 Å². The molecule has 0 bridgehead atoms. The van der Waals surface area contributed by atoms with Crippen molar-refractivity contribution in [3.8, 4) is 5.75 Å². The van der Waals surface area contributed by atoms with E-state index in [9.17, 15) is 0 Å². The quantitative estimate of drug-likeness (QED) is 0.619. The zero-order valence-corrected chi connectivity index (χ0v) is 14.7. The second kappa shape index (κ2) is 7.98. The highest BCUT2D eigenvalue weighted by Crippen LogP contribution is 2.23. The summed E-state index contributed by atoms with van der Waals surface area (Å²) < 4.78 is 10.8. The molecule has 22 heavy (non-hydrogen) atoms. The SMILES string of the molecule is CN=C(NCc1ncc(C)c(OC)c1C)NCC(C)(C)OC. The van der Waals surface area contributed by atoms with Gasteiger partial charge in [-0.15, -0.1) is 0 Å². The zero-order chi connectivity index (χ0) is 16.8. The van der Waals surface area contributed by atoms with Crippen molar-refractivity contribution in [2.24, 2.45) is 4.99 Å². The largest absolute Gasteiger partial charge is 0.496 e. The van der Waals surface area contributed by atoms with Crippen molar-refractivity contribution in [1.82, 2.24) is 15.6 Å². The highest BCUT2D eigenvalue weighted by atomic mass is 16.5. The third-order valence-corrected chi connectivity index (χ3v) is 3.63. The Hall–Kier alpha value is -1.82. The van der Waals surface area contributed by atoms with Crippen LogP contribution in [0.1, 0.15) is 30.7 Å². The summed E-state index contributed by atoms with van der Waals surface area (Å²) in [7, 11) is 5.12. The summed E-state index contributed by atoms with van der Waals surface area (Å²) in [6.45, 7) is 9.28. The minimum atomic E-state index is -0.251. The maximum atomic E-state index is 5.43. The Morgan fingerprint density at radius 2 is 1.95 bits per heavy atom. The maximum absolute atomic E-state index is 5.43. The molecule has 0 saturated heterocycles. The van der Waals surface area contributed by atoms with Crippen molar-refractivity contribution < 1.29 is 9.47 Å². The van der Waals surface area contributed by atoms with Gasteiger partial charge < -0.3 is 20.1 Å². The van der Waals surface area contributed by atoms with E-state index in [4.69, 9.17) is 9.47 Å². The molecule has 0 aliphatic rings. The average molecular weight is 308 g/mol. The third kappa shape index (κ3) is 4.87. The number of methoxy groups -OCH3 is 2. The highest BCUT2D eigenvalue weighted by Gasteiger charge is 2.16. The minimum Gasteiger partial charge on any atom is -0.496 e. The first kappa shape index (κ1) is 18.2. The second-order valence-electron chi connectivity index (χ2n) is 5.79. The van der Waals surface area contributed by atoms with Crippen molar-refractivity contribution in [2.45, 2.75) is 39.8 Å². The van der Waals surface area contributed by atoms with Crippen LogP contribution in [0.25, 0.3) is 0 Å². The Labute approximate surface area is 133 Å². The lowest BCUT2D eigenvalue weighted by Gasteiger charge is -2.24. The van der Waals surface area contributed by atoms with E-state index in [0.717, 1.165) is 22.6 Å². The Morgan fingerprint density at radius 3 is 2.50 bits per heavy atom. The Bertz CT molecular complexity index is 527. The molecule has 1 rings (SSSR count). The van der Waals surface area contributed by atoms with E-state index in [0.29, 0.717) is 19.0 Å². The van der Waals surface area contributed by atoms with Crippen LogP contribution in [-0.2, 0) is 11.3 Å². The molecule has 0 spiro atoms. The summed E-state index contributed by atoms with van der Waals surface area (Å²) in [5, 5.41) is 6.50. The minimum absolute atomic E-state index is 0.251. The van der Waals surface area contributed by atoms with Crippen LogP contribution in [0.3, 0.4) is 0 Å². The fraction of sp³-hybridized carbons (Fsp3) is 0.625. The number of aliphatic imine (C=N–C) groups is 1. The van der Waals surface area contributed by atoms with Gasteiger partial charge in [0.25, 0.3) is 0 Å². The maximum Gasteiger partial charge on any atom is 0.191 e. The second-order valence-corrected chi connectivity index (χ2v) is 5.79. The molecule has 6 nitrogen and oxygen atoms in total. The lowest BCUT2D eigenvalue weighted by molar-refractivity contribution is 0.0268. The fourth-order valence-corrected chi connectivity index (χ4v) is 2.01. The van der Waals surface area contributed by atoms with E-state index in [1.165, 1.54) is 0 Å². The van der Waals surface area contributed by atoms with E-state index < -0.39 is 0 Å². The molecule has 0 saturated carbocycles. The molecule has 0 aliphatic heterocycles. The normalized spacial score (nSPS) is 12.2. The summed E-state index contributed by atoms with van der Waals surface area (Å²) in [4.78, 5) is 8.68. The Kier molecular flexibility index (Phi) is 6.61. The number of hydrogen-bond donors (Lipinski definition) is 2. The van der Waals surface area contributed by atoms with Gasteiger partial charge in [-0.05, 0) is 27.7 Å². The van der Waals surface area contributed by atoms with E-state index in [2.05, 4.69) is 20.6 Å². The molecule has 0 unspecified atom stereocenters. The predicted molar refractivity (Wildman–Crippen MR) is 89.6 cm³/mol. The molecule has 1 heterocycles. The van der Waals surface area contributed by atoms with Crippen LogP contribution in [0.2, 0.25) is 0 Å². The van der Waals surface area contributed by atoms with Crippen LogP contribution < -0.4 is 15.4 Å². The fourth-order valence-electron chi connectivity index (χ4n) is 2.01. The lowest BCUT2D eigenvalue weighted by Crippen LogP contribution is -2.45. The number of ether oxygens (including phenoxy) is 2.